The summed E-state index contributed by atoms with van der Waals surface area (Å²) in [6.45, 7) is 7.80. The predicted octanol–water partition coefficient (Wildman–Crippen LogP) is 3.58. The highest BCUT2D eigenvalue weighted by Gasteiger charge is 2.28. The minimum atomic E-state index is 0.0100. The lowest BCUT2D eigenvalue weighted by Crippen LogP contribution is -2.23. The lowest BCUT2D eigenvalue weighted by molar-refractivity contribution is 0.0944. The quantitative estimate of drug-likeness (QED) is 0.355. The Balaban J connectivity index is 1.34. The Kier molecular flexibility index (Phi) is 4.88. The molecular weight excluding hydrogens is 412 g/mol. The summed E-state index contributed by atoms with van der Waals surface area (Å²) in [5.74, 6) is 1.92. The molecular formula is C21H18N8OS. The van der Waals surface area contributed by atoms with Gasteiger partial charge in [0, 0.05) is 32.0 Å². The van der Waals surface area contributed by atoms with Gasteiger partial charge in [-0.2, -0.15) is 10.2 Å². The molecule has 1 aliphatic rings. The first-order valence-electron chi connectivity index (χ1n) is 9.88. The molecule has 1 atom stereocenters. The van der Waals surface area contributed by atoms with Crippen LogP contribution in [-0.4, -0.2) is 39.7 Å². The minimum absolute atomic E-state index is 0.0100. The molecule has 4 aromatic rings. The van der Waals surface area contributed by atoms with Gasteiger partial charge in [0.25, 0.3) is 0 Å². The molecule has 1 unspecified atom stereocenters. The number of aromatic nitrogens is 7. The first kappa shape index (κ1) is 19.3. The van der Waals surface area contributed by atoms with Crippen LogP contribution in [0.2, 0.25) is 0 Å². The summed E-state index contributed by atoms with van der Waals surface area (Å²) in [5, 5.41) is 9.42. The molecule has 0 radical (unpaired) electrons. The number of hydrogen-bond acceptors (Lipinski definition) is 7. The standard InChI is InChI=1S/C21H18N8OS/c1-22-21-25-20(31-27-21)15-12-23-28(2)18(15)16(30)10-13-8-9-29-17(11-13)24-19(26-29)14-6-4-3-5-7-14/h3-7,12-13H,8-11H2,2H3. The smallest absolute Gasteiger partial charge is 0.385 e. The molecule has 0 fully saturated rings. The van der Waals surface area contributed by atoms with E-state index in [0.29, 0.717) is 29.1 Å². The van der Waals surface area contributed by atoms with E-state index >= 15 is 0 Å². The molecule has 0 N–H and O–H groups in total. The van der Waals surface area contributed by atoms with E-state index in [0.717, 1.165) is 41.7 Å². The average molecular weight is 430 g/mol. The molecule has 5 rings (SSSR count). The molecule has 9 nitrogen and oxygen atoms in total. The van der Waals surface area contributed by atoms with Gasteiger partial charge in [-0.15, -0.1) is 11.6 Å². The van der Waals surface area contributed by atoms with Gasteiger partial charge in [-0.05, 0) is 12.3 Å². The molecule has 1 aliphatic heterocycles. The number of carbonyl (C=O) groups is 1. The monoisotopic (exact) mass is 430 g/mol. The molecule has 10 heteroatoms. The van der Waals surface area contributed by atoms with Gasteiger partial charge < -0.3 is 4.85 Å². The van der Waals surface area contributed by atoms with E-state index in [1.54, 1.807) is 17.9 Å². The van der Waals surface area contributed by atoms with Gasteiger partial charge in [0.2, 0.25) is 5.01 Å². The molecule has 1 aromatic carbocycles. The van der Waals surface area contributed by atoms with E-state index in [1.165, 1.54) is 0 Å². The van der Waals surface area contributed by atoms with E-state index in [1.807, 2.05) is 35.0 Å². The van der Waals surface area contributed by atoms with Gasteiger partial charge in [-0.3, -0.25) is 9.48 Å². The van der Waals surface area contributed by atoms with E-state index in [9.17, 15) is 4.79 Å². The fraction of sp³-hybridized carbons (Fsp3) is 0.286. The van der Waals surface area contributed by atoms with Crippen LogP contribution in [0.25, 0.3) is 26.8 Å². The SMILES string of the molecule is [C-]#[N+]c1nsc(-c2cnn(C)c2C(=O)CC2CCn3nc(-c4ccccc4)nc3C2)n1. The summed E-state index contributed by atoms with van der Waals surface area (Å²) >= 11 is 1.11. The number of hydrogen-bond donors (Lipinski definition) is 0. The van der Waals surface area contributed by atoms with E-state index < -0.39 is 0 Å². The summed E-state index contributed by atoms with van der Waals surface area (Å²) in [7, 11) is 1.75. The number of carbonyl (C=O) groups excluding carboxylic acids is 1. The highest BCUT2D eigenvalue weighted by Crippen LogP contribution is 2.30. The fourth-order valence-corrected chi connectivity index (χ4v) is 4.53. The van der Waals surface area contributed by atoms with Crippen molar-refractivity contribution in [3.05, 3.63) is 59.5 Å². The lowest BCUT2D eigenvalue weighted by atomic mass is 9.91. The third kappa shape index (κ3) is 3.64. The zero-order valence-electron chi connectivity index (χ0n) is 16.8. The zero-order chi connectivity index (χ0) is 21.4. The maximum atomic E-state index is 13.2. The Hall–Kier alpha value is -3.71. The van der Waals surface area contributed by atoms with Gasteiger partial charge in [0.15, 0.2) is 11.6 Å². The van der Waals surface area contributed by atoms with Crippen molar-refractivity contribution in [2.24, 2.45) is 13.0 Å². The summed E-state index contributed by atoms with van der Waals surface area (Å²) in [6.07, 6.45) is 3.59. The summed E-state index contributed by atoms with van der Waals surface area (Å²) in [6, 6.07) is 9.92. The third-order valence-electron chi connectivity index (χ3n) is 5.42. The Morgan fingerprint density at radius 1 is 1.29 bits per heavy atom. The molecule has 0 bridgehead atoms. The molecule has 0 saturated heterocycles. The topological polar surface area (TPSA) is 95.7 Å². The van der Waals surface area contributed by atoms with Crippen LogP contribution in [0.3, 0.4) is 0 Å². The highest BCUT2D eigenvalue weighted by atomic mass is 32.1. The van der Waals surface area contributed by atoms with E-state index in [2.05, 4.69) is 24.4 Å². The normalized spacial score (nSPS) is 15.4. The van der Waals surface area contributed by atoms with Crippen LogP contribution in [0.1, 0.15) is 29.2 Å². The van der Waals surface area contributed by atoms with Crippen LogP contribution >= 0.6 is 11.5 Å². The molecule has 3 aromatic heterocycles. The van der Waals surface area contributed by atoms with Gasteiger partial charge in [-0.1, -0.05) is 34.7 Å². The molecule has 0 spiro atoms. The van der Waals surface area contributed by atoms with Crippen molar-refractivity contribution in [3.63, 3.8) is 0 Å². The first-order valence-corrected chi connectivity index (χ1v) is 10.7. The average Bonchev–Trinajstić information content (AvgIpc) is 3.51. The predicted molar refractivity (Wildman–Crippen MR) is 115 cm³/mol. The van der Waals surface area contributed by atoms with Crippen molar-refractivity contribution in [1.82, 2.24) is 33.9 Å². The number of aryl methyl sites for hydroxylation is 2. The summed E-state index contributed by atoms with van der Waals surface area (Å²) < 4.78 is 7.53. The molecule has 4 heterocycles. The number of benzene rings is 1. The van der Waals surface area contributed by atoms with E-state index in [4.69, 9.17) is 11.6 Å². The Bertz CT molecular complexity index is 1300. The van der Waals surface area contributed by atoms with Gasteiger partial charge >= 0.3 is 5.95 Å². The van der Waals surface area contributed by atoms with Crippen LogP contribution in [0, 0.1) is 12.5 Å². The number of fused-ring (bicyclic) bond motifs is 1. The van der Waals surface area contributed by atoms with Crippen LogP contribution in [0.15, 0.2) is 36.5 Å². The van der Waals surface area contributed by atoms with Crippen molar-refractivity contribution in [3.8, 4) is 22.0 Å². The molecule has 154 valence electrons. The fourth-order valence-electron chi connectivity index (χ4n) is 3.91. The number of nitrogens with zero attached hydrogens (tertiary/aromatic N) is 8. The lowest BCUT2D eigenvalue weighted by Gasteiger charge is -2.21. The van der Waals surface area contributed by atoms with Crippen molar-refractivity contribution >= 4 is 23.3 Å². The van der Waals surface area contributed by atoms with E-state index in [-0.39, 0.29) is 17.6 Å². The summed E-state index contributed by atoms with van der Waals surface area (Å²) in [4.78, 5) is 25.3. The zero-order valence-corrected chi connectivity index (χ0v) is 17.6. The van der Waals surface area contributed by atoms with Crippen molar-refractivity contribution < 1.29 is 4.79 Å². The summed E-state index contributed by atoms with van der Waals surface area (Å²) in [5.41, 5.74) is 2.13. The van der Waals surface area contributed by atoms with Crippen LogP contribution in [0.5, 0.6) is 0 Å². The third-order valence-corrected chi connectivity index (χ3v) is 6.16. The van der Waals surface area contributed by atoms with Gasteiger partial charge in [0.1, 0.15) is 11.5 Å². The second-order valence-electron chi connectivity index (χ2n) is 7.47. The van der Waals surface area contributed by atoms with Crippen LogP contribution in [-0.2, 0) is 20.0 Å². The first-order chi connectivity index (χ1) is 15.1. The Morgan fingerprint density at radius 3 is 2.90 bits per heavy atom. The minimum Gasteiger partial charge on any atom is -0.393 e. The Morgan fingerprint density at radius 2 is 2.13 bits per heavy atom. The second-order valence-corrected chi connectivity index (χ2v) is 8.22. The highest BCUT2D eigenvalue weighted by molar-refractivity contribution is 7.09. The van der Waals surface area contributed by atoms with Crippen molar-refractivity contribution in [2.45, 2.75) is 25.8 Å². The molecule has 0 amide bonds. The maximum Gasteiger partial charge on any atom is 0.385 e. The van der Waals surface area contributed by atoms with Gasteiger partial charge in [0.05, 0.1) is 23.3 Å². The second kappa shape index (κ2) is 7.85. The number of rotatable bonds is 5. The molecule has 0 aliphatic carbocycles. The number of Topliss-reactive ketones (excluding diaryl/α,β-unsaturated/α-hetero) is 1. The van der Waals surface area contributed by atoms with Crippen molar-refractivity contribution in [2.75, 3.05) is 0 Å². The maximum absolute atomic E-state index is 13.2. The van der Waals surface area contributed by atoms with Crippen LogP contribution < -0.4 is 0 Å². The number of ketones is 1. The molecule has 31 heavy (non-hydrogen) atoms. The van der Waals surface area contributed by atoms with Gasteiger partial charge in [-0.25, -0.2) is 9.67 Å². The van der Waals surface area contributed by atoms with Crippen LogP contribution in [0.4, 0.5) is 5.95 Å². The van der Waals surface area contributed by atoms with Crippen molar-refractivity contribution in [1.29, 1.82) is 0 Å². The molecule has 0 saturated carbocycles. The Labute approximate surface area is 182 Å². The largest absolute Gasteiger partial charge is 0.393 e.